The Hall–Kier alpha value is -0.920. The highest BCUT2D eigenvalue weighted by Gasteiger charge is 2.23. The number of carboxylic acids is 1. The topological polar surface area (TPSA) is 74.7 Å². The van der Waals surface area contributed by atoms with E-state index in [4.69, 9.17) is 5.11 Å². The van der Waals surface area contributed by atoms with Crippen LogP contribution >= 0.6 is 15.9 Å². The summed E-state index contributed by atoms with van der Waals surface area (Å²) in [6.07, 6.45) is -0.222. The third kappa shape index (κ3) is 3.52. The van der Waals surface area contributed by atoms with Crippen molar-refractivity contribution in [1.29, 1.82) is 0 Å². The van der Waals surface area contributed by atoms with E-state index in [9.17, 15) is 13.2 Å². The van der Waals surface area contributed by atoms with Crippen molar-refractivity contribution in [2.24, 2.45) is 0 Å². The van der Waals surface area contributed by atoms with Crippen LogP contribution in [0.15, 0.2) is 33.6 Å². The van der Waals surface area contributed by atoms with Crippen molar-refractivity contribution < 1.29 is 18.3 Å². The molecule has 1 aromatic carbocycles. The number of benzene rings is 1. The first-order valence-corrected chi connectivity index (χ1v) is 7.01. The second kappa shape index (κ2) is 5.61. The van der Waals surface area contributed by atoms with Crippen LogP contribution in [0.1, 0.15) is 6.42 Å². The zero-order valence-electron chi connectivity index (χ0n) is 9.13. The fourth-order valence-electron chi connectivity index (χ4n) is 1.20. The molecule has 0 bridgehead atoms. The standard InChI is InChI=1S/C10H12BrNO4S/c1-12(7-6-10(13)14)17(15,16)9-5-3-2-4-8(9)11/h2-5H,6-7H2,1H3,(H,13,14). The molecule has 0 saturated carbocycles. The van der Waals surface area contributed by atoms with Gasteiger partial charge in [-0.1, -0.05) is 12.1 Å². The number of halogens is 1. The van der Waals surface area contributed by atoms with Gasteiger partial charge in [-0.3, -0.25) is 4.79 Å². The molecule has 0 aromatic heterocycles. The van der Waals surface area contributed by atoms with Crippen molar-refractivity contribution in [1.82, 2.24) is 4.31 Å². The maximum Gasteiger partial charge on any atom is 0.304 e. The lowest BCUT2D eigenvalue weighted by molar-refractivity contribution is -0.137. The zero-order valence-corrected chi connectivity index (χ0v) is 11.5. The van der Waals surface area contributed by atoms with Gasteiger partial charge in [-0.05, 0) is 28.1 Å². The predicted molar refractivity (Wildman–Crippen MR) is 66.2 cm³/mol. The highest BCUT2D eigenvalue weighted by Crippen LogP contribution is 2.23. The largest absolute Gasteiger partial charge is 0.481 e. The molecular formula is C10H12BrNO4S. The molecule has 0 atom stereocenters. The Balaban J connectivity index is 2.96. The third-order valence-electron chi connectivity index (χ3n) is 2.17. The van der Waals surface area contributed by atoms with Gasteiger partial charge in [-0.2, -0.15) is 0 Å². The van der Waals surface area contributed by atoms with E-state index in [0.717, 1.165) is 4.31 Å². The van der Waals surface area contributed by atoms with Gasteiger partial charge >= 0.3 is 5.97 Å². The number of hydrogen-bond acceptors (Lipinski definition) is 3. The summed E-state index contributed by atoms with van der Waals surface area (Å²) in [5.74, 6) is -1.03. The molecular weight excluding hydrogens is 310 g/mol. The van der Waals surface area contributed by atoms with Crippen molar-refractivity contribution in [3.8, 4) is 0 Å². The van der Waals surface area contributed by atoms with E-state index in [-0.39, 0.29) is 17.9 Å². The van der Waals surface area contributed by atoms with Gasteiger partial charge in [0, 0.05) is 18.1 Å². The van der Waals surface area contributed by atoms with Crippen LogP contribution in [0.4, 0.5) is 0 Å². The molecule has 0 aliphatic rings. The molecule has 17 heavy (non-hydrogen) atoms. The predicted octanol–water partition coefficient (Wildman–Crippen LogP) is 1.54. The number of aliphatic carboxylic acids is 1. The molecule has 1 N–H and O–H groups in total. The fourth-order valence-corrected chi connectivity index (χ4v) is 3.33. The van der Waals surface area contributed by atoms with Crippen molar-refractivity contribution >= 4 is 31.9 Å². The van der Waals surface area contributed by atoms with Crippen molar-refractivity contribution in [2.75, 3.05) is 13.6 Å². The number of hydrogen-bond donors (Lipinski definition) is 1. The Morgan fingerprint density at radius 3 is 2.53 bits per heavy atom. The van der Waals surface area contributed by atoms with E-state index in [1.165, 1.54) is 13.1 Å². The highest BCUT2D eigenvalue weighted by atomic mass is 79.9. The Morgan fingerprint density at radius 1 is 1.41 bits per heavy atom. The summed E-state index contributed by atoms with van der Waals surface area (Å²) in [6, 6.07) is 6.41. The lowest BCUT2D eigenvalue weighted by atomic mass is 10.4. The first-order chi connectivity index (χ1) is 7.85. The van der Waals surface area contributed by atoms with Gasteiger partial charge in [-0.15, -0.1) is 0 Å². The molecule has 0 heterocycles. The first kappa shape index (κ1) is 14.1. The Labute approximate surface area is 108 Å². The average molecular weight is 322 g/mol. The fraction of sp³-hybridized carbons (Fsp3) is 0.300. The molecule has 0 aliphatic carbocycles. The van der Waals surface area contributed by atoms with Gasteiger partial charge < -0.3 is 5.11 Å². The van der Waals surface area contributed by atoms with Gasteiger partial charge in [-0.25, -0.2) is 12.7 Å². The lowest BCUT2D eigenvalue weighted by Gasteiger charge is -2.16. The van der Waals surface area contributed by atoms with Crippen LogP contribution in [-0.2, 0) is 14.8 Å². The summed E-state index contributed by atoms with van der Waals surface area (Å²) in [7, 11) is -2.28. The Morgan fingerprint density at radius 2 is 2.00 bits per heavy atom. The third-order valence-corrected chi connectivity index (χ3v) is 5.03. The van der Waals surface area contributed by atoms with E-state index in [0.29, 0.717) is 4.47 Å². The lowest BCUT2D eigenvalue weighted by Crippen LogP contribution is -2.29. The molecule has 0 unspecified atom stereocenters. The van der Waals surface area contributed by atoms with E-state index >= 15 is 0 Å². The molecule has 7 heteroatoms. The molecule has 0 saturated heterocycles. The quantitative estimate of drug-likeness (QED) is 0.892. The van der Waals surface area contributed by atoms with E-state index in [1.54, 1.807) is 18.2 Å². The molecule has 0 fully saturated rings. The minimum Gasteiger partial charge on any atom is -0.481 e. The van der Waals surface area contributed by atoms with Crippen LogP contribution in [-0.4, -0.2) is 37.4 Å². The average Bonchev–Trinajstić information content (AvgIpc) is 2.26. The summed E-state index contributed by atoms with van der Waals surface area (Å²) in [6.45, 7) is -0.0565. The summed E-state index contributed by atoms with van der Waals surface area (Å²) in [5, 5.41) is 8.52. The molecule has 1 aromatic rings. The van der Waals surface area contributed by atoms with Crippen LogP contribution in [0.5, 0.6) is 0 Å². The smallest absolute Gasteiger partial charge is 0.304 e. The number of rotatable bonds is 5. The Bertz CT molecular complexity index is 515. The Kier molecular flexibility index (Phi) is 4.67. The summed E-state index contributed by atoms with van der Waals surface area (Å²) < 4.78 is 25.6. The van der Waals surface area contributed by atoms with Crippen LogP contribution in [0, 0.1) is 0 Å². The second-order valence-electron chi connectivity index (χ2n) is 3.40. The van der Waals surface area contributed by atoms with Crippen LogP contribution in [0.2, 0.25) is 0 Å². The molecule has 5 nitrogen and oxygen atoms in total. The number of sulfonamides is 1. The molecule has 94 valence electrons. The second-order valence-corrected chi connectivity index (χ2v) is 6.27. The van der Waals surface area contributed by atoms with Crippen molar-refractivity contribution in [2.45, 2.75) is 11.3 Å². The van der Waals surface area contributed by atoms with Crippen molar-refractivity contribution in [3.05, 3.63) is 28.7 Å². The van der Waals surface area contributed by atoms with Gasteiger partial charge in [0.2, 0.25) is 10.0 Å². The van der Waals surface area contributed by atoms with Gasteiger partial charge in [0.25, 0.3) is 0 Å². The van der Waals surface area contributed by atoms with E-state index < -0.39 is 16.0 Å². The molecule has 0 amide bonds. The molecule has 0 spiro atoms. The van der Waals surface area contributed by atoms with Gasteiger partial charge in [0.1, 0.15) is 0 Å². The summed E-state index contributed by atoms with van der Waals surface area (Å²) >= 11 is 3.16. The number of nitrogens with zero attached hydrogens (tertiary/aromatic N) is 1. The summed E-state index contributed by atoms with van der Waals surface area (Å²) in [4.78, 5) is 10.5. The first-order valence-electron chi connectivity index (χ1n) is 4.78. The van der Waals surface area contributed by atoms with E-state index in [2.05, 4.69) is 15.9 Å². The molecule has 0 radical (unpaired) electrons. The minimum atomic E-state index is -3.64. The van der Waals surface area contributed by atoms with Crippen LogP contribution < -0.4 is 0 Å². The van der Waals surface area contributed by atoms with E-state index in [1.807, 2.05) is 0 Å². The monoisotopic (exact) mass is 321 g/mol. The molecule has 1 rings (SSSR count). The van der Waals surface area contributed by atoms with Crippen LogP contribution in [0.25, 0.3) is 0 Å². The van der Waals surface area contributed by atoms with Crippen molar-refractivity contribution in [3.63, 3.8) is 0 Å². The normalized spacial score (nSPS) is 11.7. The summed E-state index contributed by atoms with van der Waals surface area (Å²) in [5.41, 5.74) is 0. The number of carbonyl (C=O) groups is 1. The molecule has 0 aliphatic heterocycles. The SMILES string of the molecule is CN(CCC(=O)O)S(=O)(=O)c1ccccc1Br. The highest BCUT2D eigenvalue weighted by molar-refractivity contribution is 9.10. The maximum absolute atomic E-state index is 12.1. The maximum atomic E-state index is 12.1. The van der Waals surface area contributed by atoms with Gasteiger partial charge in [0.05, 0.1) is 11.3 Å². The zero-order chi connectivity index (χ0) is 13.1. The minimum absolute atomic E-state index is 0.0565. The van der Waals surface area contributed by atoms with Crippen LogP contribution in [0.3, 0.4) is 0 Å². The number of carboxylic acid groups (broad SMARTS) is 1. The van der Waals surface area contributed by atoms with Gasteiger partial charge in [0.15, 0.2) is 0 Å².